The maximum atomic E-state index is 13.7. The lowest BCUT2D eigenvalue weighted by atomic mass is 10.00. The number of rotatable bonds is 7. The molecule has 2 aliphatic heterocycles. The highest BCUT2D eigenvalue weighted by atomic mass is 16.5. The van der Waals surface area contributed by atoms with Crippen LogP contribution >= 0.6 is 0 Å². The minimum atomic E-state index is -0.941. The molecule has 0 aliphatic carbocycles. The summed E-state index contributed by atoms with van der Waals surface area (Å²) in [4.78, 5) is 41.0. The van der Waals surface area contributed by atoms with Gasteiger partial charge in [0.25, 0.3) is 5.91 Å². The normalized spacial score (nSPS) is 17.3. The first-order valence-electron chi connectivity index (χ1n) is 12.1. The Morgan fingerprint density at radius 2 is 1.78 bits per heavy atom. The Labute approximate surface area is 214 Å². The van der Waals surface area contributed by atoms with Gasteiger partial charge in [0.1, 0.15) is 35.7 Å². The average Bonchev–Trinajstić information content (AvgIpc) is 3.30. The maximum Gasteiger partial charge on any atom is 0.252 e. The fourth-order valence-electron chi connectivity index (χ4n) is 4.52. The van der Waals surface area contributed by atoms with Crippen LogP contribution in [0.15, 0.2) is 90.7 Å². The number of hydrogen-bond donors (Lipinski definition) is 2. The van der Waals surface area contributed by atoms with Gasteiger partial charge < -0.3 is 24.8 Å². The number of fused-ring (bicyclic) bond motifs is 1. The highest BCUT2D eigenvalue weighted by molar-refractivity contribution is 6.00. The van der Waals surface area contributed by atoms with E-state index in [9.17, 15) is 19.5 Å². The molecule has 5 rings (SSSR count). The monoisotopic (exact) mass is 498 g/mol. The summed E-state index contributed by atoms with van der Waals surface area (Å²) >= 11 is 0. The van der Waals surface area contributed by atoms with E-state index in [1.54, 1.807) is 36.4 Å². The smallest absolute Gasteiger partial charge is 0.252 e. The summed E-state index contributed by atoms with van der Waals surface area (Å²) in [6.07, 6.45) is 2.58. The standard InChI is InChI=1S/C29H26N2O6/c32-21-13-11-19(12-14-21)16-24(29(35)31-15-5-10-26-27(31)25(33)18-36-26)30-28(34)20-6-4-9-23(17-20)37-22-7-2-1-3-8-22/h1-4,6-14,17,24,27,32H,5,15-16,18H2,(H,30,34). The van der Waals surface area contributed by atoms with Crippen LogP contribution in [-0.2, 0) is 20.7 Å². The topological polar surface area (TPSA) is 105 Å². The molecule has 0 spiro atoms. The predicted molar refractivity (Wildman–Crippen MR) is 135 cm³/mol. The second-order valence-electron chi connectivity index (χ2n) is 8.92. The molecule has 3 aromatic carbocycles. The minimum Gasteiger partial charge on any atom is -0.508 e. The first kappa shape index (κ1) is 24.1. The number of Topliss-reactive ketones (excluding diaryl/α,β-unsaturated/α-hetero) is 1. The van der Waals surface area contributed by atoms with Crippen LogP contribution in [0.5, 0.6) is 17.2 Å². The van der Waals surface area contributed by atoms with Crippen LogP contribution in [0.25, 0.3) is 0 Å². The second-order valence-corrected chi connectivity index (χ2v) is 8.92. The molecule has 2 atom stereocenters. The first-order valence-corrected chi connectivity index (χ1v) is 12.1. The van der Waals surface area contributed by atoms with Gasteiger partial charge in [-0.25, -0.2) is 0 Å². The van der Waals surface area contributed by atoms with Gasteiger partial charge in [0.2, 0.25) is 5.91 Å². The number of ether oxygens (including phenoxy) is 2. The average molecular weight is 499 g/mol. The lowest BCUT2D eigenvalue weighted by Crippen LogP contribution is -2.55. The van der Waals surface area contributed by atoms with Crippen molar-refractivity contribution in [3.63, 3.8) is 0 Å². The van der Waals surface area contributed by atoms with E-state index >= 15 is 0 Å². The maximum absolute atomic E-state index is 13.7. The van der Waals surface area contributed by atoms with Crippen LogP contribution in [-0.4, -0.2) is 52.8 Å². The third kappa shape index (κ3) is 5.48. The summed E-state index contributed by atoms with van der Waals surface area (Å²) in [5.74, 6) is 0.720. The molecule has 0 saturated carbocycles. The van der Waals surface area contributed by atoms with Crippen LogP contribution in [0.1, 0.15) is 22.3 Å². The van der Waals surface area contributed by atoms with E-state index in [0.29, 0.717) is 35.8 Å². The van der Waals surface area contributed by atoms with Gasteiger partial charge >= 0.3 is 0 Å². The summed E-state index contributed by atoms with van der Waals surface area (Å²) in [5, 5.41) is 12.5. The number of para-hydroxylation sites is 1. The van der Waals surface area contributed by atoms with E-state index < -0.39 is 18.0 Å². The predicted octanol–water partition coefficient (Wildman–Crippen LogP) is 3.61. The Hall–Kier alpha value is -4.59. The van der Waals surface area contributed by atoms with Crippen molar-refractivity contribution in [3.8, 4) is 17.2 Å². The molecule has 1 saturated heterocycles. The SMILES string of the molecule is O=C(NC(Cc1ccc(O)cc1)C(=O)N1CCC=C2OCC(=O)C21)c1cccc(Oc2ccccc2)c1. The van der Waals surface area contributed by atoms with Crippen molar-refractivity contribution < 1.29 is 29.0 Å². The van der Waals surface area contributed by atoms with Crippen LogP contribution in [0.3, 0.4) is 0 Å². The molecule has 2 unspecified atom stereocenters. The second kappa shape index (κ2) is 10.6. The number of amides is 2. The molecule has 2 aliphatic rings. The summed E-state index contributed by atoms with van der Waals surface area (Å²) in [7, 11) is 0. The van der Waals surface area contributed by atoms with Gasteiger partial charge in [-0.2, -0.15) is 0 Å². The largest absolute Gasteiger partial charge is 0.508 e. The fraction of sp³-hybridized carbons (Fsp3) is 0.207. The van der Waals surface area contributed by atoms with E-state index in [-0.39, 0.29) is 30.5 Å². The van der Waals surface area contributed by atoms with E-state index in [0.717, 1.165) is 5.56 Å². The Morgan fingerprint density at radius 3 is 2.57 bits per heavy atom. The number of carbonyl (C=O) groups excluding carboxylic acids is 3. The molecular weight excluding hydrogens is 472 g/mol. The zero-order chi connectivity index (χ0) is 25.8. The quantitative estimate of drug-likeness (QED) is 0.516. The molecule has 0 bridgehead atoms. The number of carbonyl (C=O) groups is 3. The highest BCUT2D eigenvalue weighted by Gasteiger charge is 2.42. The van der Waals surface area contributed by atoms with Crippen LogP contribution in [0.2, 0.25) is 0 Å². The van der Waals surface area contributed by atoms with Gasteiger partial charge in [0, 0.05) is 18.5 Å². The highest BCUT2D eigenvalue weighted by Crippen LogP contribution is 2.27. The minimum absolute atomic E-state index is 0.0660. The summed E-state index contributed by atoms with van der Waals surface area (Å²) in [5.41, 5.74) is 1.08. The number of aromatic hydroxyl groups is 1. The Morgan fingerprint density at radius 1 is 1.03 bits per heavy atom. The third-order valence-corrected chi connectivity index (χ3v) is 6.32. The molecule has 1 fully saturated rings. The van der Waals surface area contributed by atoms with Crippen molar-refractivity contribution in [3.05, 3.63) is 102 Å². The van der Waals surface area contributed by atoms with E-state index in [4.69, 9.17) is 9.47 Å². The molecule has 3 aromatic rings. The molecule has 2 N–H and O–H groups in total. The lowest BCUT2D eigenvalue weighted by molar-refractivity contribution is -0.139. The van der Waals surface area contributed by atoms with Gasteiger partial charge in [-0.3, -0.25) is 14.4 Å². The van der Waals surface area contributed by atoms with Crippen molar-refractivity contribution in [1.82, 2.24) is 10.2 Å². The van der Waals surface area contributed by atoms with Gasteiger partial charge in [0.05, 0.1) is 0 Å². The third-order valence-electron chi connectivity index (χ3n) is 6.32. The molecule has 8 heteroatoms. The van der Waals surface area contributed by atoms with E-state index in [1.807, 2.05) is 36.4 Å². The molecule has 0 radical (unpaired) electrons. The molecule has 0 aromatic heterocycles. The number of nitrogens with zero attached hydrogens (tertiary/aromatic N) is 1. The number of nitrogens with one attached hydrogen (secondary N) is 1. The van der Waals surface area contributed by atoms with Gasteiger partial charge in [-0.1, -0.05) is 36.4 Å². The number of phenols is 1. The van der Waals surface area contributed by atoms with Crippen molar-refractivity contribution in [2.75, 3.05) is 13.2 Å². The van der Waals surface area contributed by atoms with Gasteiger partial charge in [0.15, 0.2) is 11.8 Å². The van der Waals surface area contributed by atoms with Crippen molar-refractivity contribution in [2.45, 2.75) is 24.9 Å². The Balaban J connectivity index is 1.38. The number of hydrogen-bond acceptors (Lipinski definition) is 6. The zero-order valence-corrected chi connectivity index (χ0v) is 20.0. The summed E-state index contributed by atoms with van der Waals surface area (Å²) in [6, 6.07) is 20.7. The van der Waals surface area contributed by atoms with Crippen molar-refractivity contribution in [1.29, 1.82) is 0 Å². The molecule has 8 nitrogen and oxygen atoms in total. The molecule has 188 valence electrons. The molecule has 37 heavy (non-hydrogen) atoms. The first-order chi connectivity index (χ1) is 18.0. The van der Waals surface area contributed by atoms with E-state index in [2.05, 4.69) is 5.32 Å². The molecule has 2 heterocycles. The number of benzene rings is 3. The zero-order valence-electron chi connectivity index (χ0n) is 20.0. The van der Waals surface area contributed by atoms with Crippen molar-refractivity contribution in [2.24, 2.45) is 0 Å². The number of phenolic OH excluding ortho intramolecular Hbond substituents is 1. The van der Waals surface area contributed by atoms with Gasteiger partial charge in [-0.05, 0) is 60.5 Å². The Kier molecular flexibility index (Phi) is 6.89. The molecular formula is C29H26N2O6. The fourth-order valence-corrected chi connectivity index (χ4v) is 4.52. The van der Waals surface area contributed by atoms with Gasteiger partial charge in [-0.15, -0.1) is 0 Å². The van der Waals surface area contributed by atoms with Crippen LogP contribution < -0.4 is 10.1 Å². The van der Waals surface area contributed by atoms with E-state index in [1.165, 1.54) is 17.0 Å². The Bertz CT molecular complexity index is 1340. The summed E-state index contributed by atoms with van der Waals surface area (Å²) < 4.78 is 11.3. The van der Waals surface area contributed by atoms with Crippen molar-refractivity contribution >= 4 is 17.6 Å². The molecule has 2 amide bonds. The van der Waals surface area contributed by atoms with Crippen LogP contribution in [0, 0.1) is 0 Å². The number of ketones is 1. The lowest BCUT2D eigenvalue weighted by Gasteiger charge is -2.33. The summed E-state index contributed by atoms with van der Waals surface area (Å²) in [6.45, 7) is 0.286. The van der Waals surface area contributed by atoms with Crippen LogP contribution in [0.4, 0.5) is 0 Å².